The fourth-order valence-electron chi connectivity index (χ4n) is 2.61. The highest BCUT2D eigenvalue weighted by atomic mass is 16.6. The van der Waals surface area contributed by atoms with Crippen LogP contribution in [0.25, 0.3) is 0 Å². The number of carbonyl (C=O) groups excluding carboxylic acids is 2. The van der Waals surface area contributed by atoms with Gasteiger partial charge in [0.25, 0.3) is 0 Å². The lowest BCUT2D eigenvalue weighted by molar-refractivity contribution is 0.0600. The van der Waals surface area contributed by atoms with Crippen LogP contribution in [-0.4, -0.2) is 37.2 Å². The molecule has 0 N–H and O–H groups in total. The molecular formula is C19H19NO5. The Labute approximate surface area is 145 Å². The lowest BCUT2D eigenvalue weighted by Crippen LogP contribution is -2.32. The summed E-state index contributed by atoms with van der Waals surface area (Å²) in [5.41, 5.74) is 2.09. The van der Waals surface area contributed by atoms with Gasteiger partial charge in [-0.05, 0) is 23.8 Å². The number of ether oxygens (including phenoxy) is 3. The zero-order valence-corrected chi connectivity index (χ0v) is 13.9. The maximum atomic E-state index is 12.4. The van der Waals surface area contributed by atoms with E-state index in [2.05, 4.69) is 0 Å². The number of amides is 1. The summed E-state index contributed by atoms with van der Waals surface area (Å²) in [4.78, 5) is 25.6. The summed E-state index contributed by atoms with van der Waals surface area (Å²) in [5, 5.41) is 0. The van der Waals surface area contributed by atoms with Crippen molar-refractivity contribution >= 4 is 12.1 Å². The van der Waals surface area contributed by atoms with Crippen LogP contribution in [0.1, 0.15) is 21.5 Å². The summed E-state index contributed by atoms with van der Waals surface area (Å²) in [5.74, 6) is 0.233. The fraction of sp³-hybridized carbons (Fsp3) is 0.263. The molecule has 6 heteroatoms. The monoisotopic (exact) mass is 341 g/mol. The third-order valence-corrected chi connectivity index (χ3v) is 3.92. The molecule has 1 heterocycles. The SMILES string of the molecule is COC(=O)c1ccc2c(c1)CN(C(=O)OCc1ccccc1)CCO2. The summed E-state index contributed by atoms with van der Waals surface area (Å²) in [6.07, 6.45) is -0.413. The van der Waals surface area contributed by atoms with Gasteiger partial charge in [-0.1, -0.05) is 30.3 Å². The molecule has 0 bridgehead atoms. The number of hydrogen-bond donors (Lipinski definition) is 0. The van der Waals surface area contributed by atoms with Gasteiger partial charge in [0.15, 0.2) is 0 Å². The molecule has 0 radical (unpaired) electrons. The van der Waals surface area contributed by atoms with Crippen molar-refractivity contribution in [1.82, 2.24) is 4.90 Å². The molecule has 6 nitrogen and oxygen atoms in total. The molecular weight excluding hydrogens is 322 g/mol. The summed E-state index contributed by atoms with van der Waals surface area (Å²) in [6.45, 7) is 1.31. The molecule has 0 aliphatic carbocycles. The van der Waals surface area contributed by atoms with Crippen LogP contribution in [0.15, 0.2) is 48.5 Å². The number of fused-ring (bicyclic) bond motifs is 1. The largest absolute Gasteiger partial charge is 0.491 e. The first-order valence-electron chi connectivity index (χ1n) is 7.97. The zero-order chi connectivity index (χ0) is 17.6. The van der Waals surface area contributed by atoms with Gasteiger partial charge in [-0.3, -0.25) is 0 Å². The third-order valence-electron chi connectivity index (χ3n) is 3.92. The van der Waals surface area contributed by atoms with Gasteiger partial charge in [0.1, 0.15) is 19.0 Å². The summed E-state index contributed by atoms with van der Waals surface area (Å²) in [7, 11) is 1.33. The number of hydrogen-bond acceptors (Lipinski definition) is 5. The quantitative estimate of drug-likeness (QED) is 0.803. The molecule has 130 valence electrons. The molecule has 0 atom stereocenters. The van der Waals surface area contributed by atoms with Gasteiger partial charge in [0, 0.05) is 5.56 Å². The minimum absolute atomic E-state index is 0.214. The predicted octanol–water partition coefficient (Wildman–Crippen LogP) is 3.00. The number of carbonyl (C=O) groups is 2. The minimum Gasteiger partial charge on any atom is -0.491 e. The van der Waals surface area contributed by atoms with E-state index in [1.165, 1.54) is 7.11 Å². The van der Waals surface area contributed by atoms with E-state index in [0.29, 0.717) is 31.0 Å². The highest BCUT2D eigenvalue weighted by molar-refractivity contribution is 5.89. The molecule has 1 aliphatic heterocycles. The zero-order valence-electron chi connectivity index (χ0n) is 13.9. The van der Waals surface area contributed by atoms with Crippen LogP contribution in [0.5, 0.6) is 5.75 Å². The van der Waals surface area contributed by atoms with Crippen LogP contribution < -0.4 is 4.74 Å². The highest BCUT2D eigenvalue weighted by Gasteiger charge is 2.22. The van der Waals surface area contributed by atoms with Crippen LogP contribution in [-0.2, 0) is 22.6 Å². The van der Waals surface area contributed by atoms with Gasteiger partial charge in [0.05, 0.1) is 25.8 Å². The third kappa shape index (κ3) is 4.09. The van der Waals surface area contributed by atoms with E-state index in [-0.39, 0.29) is 6.61 Å². The summed E-state index contributed by atoms with van der Waals surface area (Å²) in [6, 6.07) is 14.6. The van der Waals surface area contributed by atoms with E-state index in [4.69, 9.17) is 14.2 Å². The molecule has 0 spiro atoms. The number of rotatable bonds is 3. The Morgan fingerprint density at radius 2 is 1.96 bits per heavy atom. The molecule has 0 saturated carbocycles. The van der Waals surface area contributed by atoms with E-state index in [1.807, 2.05) is 30.3 Å². The standard InChI is InChI=1S/C19H19NO5/c1-23-18(21)15-7-8-17-16(11-15)12-20(9-10-24-17)19(22)25-13-14-5-3-2-4-6-14/h2-8,11H,9-10,12-13H2,1H3. The van der Waals surface area contributed by atoms with Crippen molar-refractivity contribution in [2.75, 3.05) is 20.3 Å². The first-order chi connectivity index (χ1) is 12.2. The van der Waals surface area contributed by atoms with Crippen molar-refractivity contribution in [1.29, 1.82) is 0 Å². The molecule has 25 heavy (non-hydrogen) atoms. The summed E-state index contributed by atoms with van der Waals surface area (Å²) < 4.78 is 15.8. The van der Waals surface area contributed by atoms with Gasteiger partial charge < -0.3 is 19.1 Å². The maximum Gasteiger partial charge on any atom is 0.410 e. The molecule has 0 aromatic heterocycles. The van der Waals surface area contributed by atoms with Gasteiger partial charge in [-0.15, -0.1) is 0 Å². The Morgan fingerprint density at radius 1 is 1.16 bits per heavy atom. The number of methoxy groups -OCH3 is 1. The maximum absolute atomic E-state index is 12.4. The molecule has 2 aromatic rings. The van der Waals surface area contributed by atoms with Crippen LogP contribution >= 0.6 is 0 Å². The predicted molar refractivity (Wildman–Crippen MR) is 90.3 cm³/mol. The number of benzene rings is 2. The summed E-state index contributed by atoms with van der Waals surface area (Å²) >= 11 is 0. The Morgan fingerprint density at radius 3 is 2.72 bits per heavy atom. The lowest BCUT2D eigenvalue weighted by atomic mass is 10.1. The van der Waals surface area contributed by atoms with Gasteiger partial charge >= 0.3 is 12.1 Å². The Hall–Kier alpha value is -3.02. The minimum atomic E-state index is -0.426. The first-order valence-corrected chi connectivity index (χ1v) is 7.97. The van der Waals surface area contributed by atoms with Crippen molar-refractivity contribution in [3.63, 3.8) is 0 Å². The molecule has 1 amide bonds. The van der Waals surface area contributed by atoms with Crippen molar-refractivity contribution in [3.05, 3.63) is 65.2 Å². The Bertz CT molecular complexity index is 760. The van der Waals surface area contributed by atoms with E-state index in [0.717, 1.165) is 11.1 Å². The second-order valence-corrected chi connectivity index (χ2v) is 5.62. The number of esters is 1. The smallest absolute Gasteiger partial charge is 0.410 e. The molecule has 0 unspecified atom stereocenters. The van der Waals surface area contributed by atoms with Crippen LogP contribution in [0.4, 0.5) is 4.79 Å². The molecule has 1 aliphatic rings. The average molecular weight is 341 g/mol. The topological polar surface area (TPSA) is 65.1 Å². The van der Waals surface area contributed by atoms with E-state index < -0.39 is 12.1 Å². The molecule has 0 saturated heterocycles. The van der Waals surface area contributed by atoms with Crippen LogP contribution in [0, 0.1) is 0 Å². The second-order valence-electron chi connectivity index (χ2n) is 5.62. The number of nitrogens with zero attached hydrogens (tertiary/aromatic N) is 1. The highest BCUT2D eigenvalue weighted by Crippen LogP contribution is 2.25. The van der Waals surface area contributed by atoms with Gasteiger partial charge in [-0.25, -0.2) is 9.59 Å². The van der Waals surface area contributed by atoms with E-state index in [1.54, 1.807) is 23.1 Å². The molecule has 0 fully saturated rings. The second kappa shape index (κ2) is 7.70. The van der Waals surface area contributed by atoms with Gasteiger partial charge in [0.2, 0.25) is 0 Å². The van der Waals surface area contributed by atoms with Crippen molar-refractivity contribution < 1.29 is 23.8 Å². The average Bonchev–Trinajstić information content (AvgIpc) is 2.88. The van der Waals surface area contributed by atoms with Gasteiger partial charge in [-0.2, -0.15) is 0 Å². The van der Waals surface area contributed by atoms with E-state index in [9.17, 15) is 9.59 Å². The molecule has 3 rings (SSSR count). The van der Waals surface area contributed by atoms with Crippen molar-refractivity contribution in [2.24, 2.45) is 0 Å². The Kier molecular flexibility index (Phi) is 5.18. The lowest BCUT2D eigenvalue weighted by Gasteiger charge is -2.19. The normalized spacial score (nSPS) is 13.2. The Balaban J connectivity index is 1.69. The molecule has 2 aromatic carbocycles. The first kappa shape index (κ1) is 16.8. The van der Waals surface area contributed by atoms with Crippen molar-refractivity contribution in [3.8, 4) is 5.75 Å². The fourth-order valence-corrected chi connectivity index (χ4v) is 2.61. The van der Waals surface area contributed by atoms with E-state index >= 15 is 0 Å². The van der Waals surface area contributed by atoms with Crippen LogP contribution in [0.3, 0.4) is 0 Å². The van der Waals surface area contributed by atoms with Crippen molar-refractivity contribution in [2.45, 2.75) is 13.2 Å². The van der Waals surface area contributed by atoms with Crippen LogP contribution in [0.2, 0.25) is 0 Å².